The number of likely N-dealkylation sites (tertiary alicyclic amines) is 1. The summed E-state index contributed by atoms with van der Waals surface area (Å²) in [4.78, 5) is 25.1. The summed E-state index contributed by atoms with van der Waals surface area (Å²) in [5, 5.41) is 2.80. The lowest BCUT2D eigenvalue weighted by atomic mass is 9.97. The zero-order chi connectivity index (χ0) is 15.9. The molecule has 0 saturated carbocycles. The molecule has 22 heavy (non-hydrogen) atoms. The number of piperidine rings is 1. The first kappa shape index (κ1) is 16.3. The summed E-state index contributed by atoms with van der Waals surface area (Å²) in [6.45, 7) is 3.35. The molecule has 1 fully saturated rings. The molecule has 1 heterocycles. The largest absolute Gasteiger partial charge is 0.492 e. The number of rotatable bonds is 5. The zero-order valence-electron chi connectivity index (χ0n) is 12.7. The van der Waals surface area contributed by atoms with Crippen LogP contribution in [-0.2, 0) is 9.59 Å². The van der Waals surface area contributed by atoms with Crippen molar-refractivity contribution in [2.75, 3.05) is 26.2 Å². The van der Waals surface area contributed by atoms with Crippen molar-refractivity contribution in [1.82, 2.24) is 10.2 Å². The van der Waals surface area contributed by atoms with Crippen LogP contribution in [0.4, 0.5) is 4.39 Å². The molecule has 1 aliphatic rings. The number of ether oxygens (including phenoxy) is 1. The van der Waals surface area contributed by atoms with Gasteiger partial charge in [-0.1, -0.05) is 6.07 Å². The summed E-state index contributed by atoms with van der Waals surface area (Å²) in [6.07, 6.45) is 1.64. The van der Waals surface area contributed by atoms with Gasteiger partial charge >= 0.3 is 0 Å². The summed E-state index contributed by atoms with van der Waals surface area (Å²) in [5.41, 5.74) is 0. The number of amides is 2. The fourth-order valence-electron chi connectivity index (χ4n) is 2.52. The van der Waals surface area contributed by atoms with E-state index in [1.807, 2.05) is 0 Å². The molecule has 0 radical (unpaired) electrons. The van der Waals surface area contributed by atoms with Crippen LogP contribution in [0.5, 0.6) is 5.75 Å². The predicted molar refractivity (Wildman–Crippen MR) is 79.9 cm³/mol. The summed E-state index contributed by atoms with van der Waals surface area (Å²) in [6, 6.07) is 5.88. The van der Waals surface area contributed by atoms with E-state index in [-0.39, 0.29) is 30.2 Å². The van der Waals surface area contributed by atoms with E-state index in [0.717, 1.165) is 19.4 Å². The molecule has 1 atom stereocenters. The first-order valence-electron chi connectivity index (χ1n) is 7.48. The van der Waals surface area contributed by atoms with Gasteiger partial charge in [-0.25, -0.2) is 4.39 Å². The highest BCUT2D eigenvalue weighted by atomic mass is 19.1. The fourth-order valence-corrected chi connectivity index (χ4v) is 2.52. The second-order valence-corrected chi connectivity index (χ2v) is 5.40. The molecule has 0 unspecified atom stereocenters. The fraction of sp³-hybridized carbons (Fsp3) is 0.500. The number of nitrogens with zero attached hydrogens (tertiary/aromatic N) is 1. The molecule has 2 rings (SSSR count). The Hall–Kier alpha value is -2.11. The molecule has 1 saturated heterocycles. The summed E-state index contributed by atoms with van der Waals surface area (Å²) in [7, 11) is 0. The van der Waals surface area contributed by atoms with Crippen LogP contribution < -0.4 is 10.1 Å². The predicted octanol–water partition coefficient (Wildman–Crippen LogP) is 1.58. The monoisotopic (exact) mass is 308 g/mol. The van der Waals surface area contributed by atoms with E-state index in [0.29, 0.717) is 18.8 Å². The molecule has 1 aromatic carbocycles. The smallest absolute Gasteiger partial charge is 0.225 e. The Bertz CT molecular complexity index is 536. The zero-order valence-corrected chi connectivity index (χ0v) is 12.7. The molecule has 1 aliphatic heterocycles. The maximum Gasteiger partial charge on any atom is 0.225 e. The van der Waals surface area contributed by atoms with Crippen molar-refractivity contribution in [3.8, 4) is 5.75 Å². The lowest BCUT2D eigenvalue weighted by Crippen LogP contribution is -2.45. The van der Waals surface area contributed by atoms with Crippen molar-refractivity contribution >= 4 is 11.8 Å². The van der Waals surface area contributed by atoms with Crippen LogP contribution in [0.1, 0.15) is 19.8 Å². The van der Waals surface area contributed by atoms with Crippen molar-refractivity contribution in [3.63, 3.8) is 0 Å². The van der Waals surface area contributed by atoms with Gasteiger partial charge in [-0.2, -0.15) is 0 Å². The normalized spacial score (nSPS) is 17.9. The van der Waals surface area contributed by atoms with Crippen molar-refractivity contribution in [2.45, 2.75) is 19.8 Å². The van der Waals surface area contributed by atoms with Gasteiger partial charge in [0.1, 0.15) is 18.2 Å². The number of halogens is 1. The Balaban J connectivity index is 1.70. The SMILES string of the molecule is CC(=O)N1CCC[C@@H](C(=O)NCCOc2cccc(F)c2)C1. The number of hydrogen-bond donors (Lipinski definition) is 1. The van der Waals surface area contributed by atoms with Gasteiger partial charge in [0.2, 0.25) is 11.8 Å². The number of carbonyl (C=O) groups is 2. The molecule has 2 amide bonds. The van der Waals surface area contributed by atoms with Crippen molar-refractivity contribution < 1.29 is 18.7 Å². The standard InChI is InChI=1S/C16H21FN2O3/c1-12(20)19-8-3-4-13(11-19)16(21)18-7-9-22-15-6-2-5-14(17)10-15/h2,5-6,10,13H,3-4,7-9,11H2,1H3,(H,18,21)/t13-/m1/s1. The summed E-state index contributed by atoms with van der Waals surface area (Å²) >= 11 is 0. The third-order valence-corrected chi connectivity index (χ3v) is 3.70. The van der Waals surface area contributed by atoms with E-state index in [4.69, 9.17) is 4.74 Å². The van der Waals surface area contributed by atoms with Gasteiger partial charge in [-0.15, -0.1) is 0 Å². The van der Waals surface area contributed by atoms with Gasteiger partial charge in [-0.3, -0.25) is 9.59 Å². The van der Waals surface area contributed by atoms with Gasteiger partial charge in [0.25, 0.3) is 0 Å². The van der Waals surface area contributed by atoms with Crippen LogP contribution in [0.25, 0.3) is 0 Å². The Morgan fingerprint density at radius 2 is 2.27 bits per heavy atom. The maximum atomic E-state index is 13.0. The molecule has 0 spiro atoms. The van der Waals surface area contributed by atoms with Gasteiger partial charge in [0.05, 0.1) is 12.5 Å². The second kappa shape index (κ2) is 7.77. The molecule has 0 aromatic heterocycles. The van der Waals surface area contributed by atoms with E-state index in [1.165, 1.54) is 19.1 Å². The third kappa shape index (κ3) is 4.72. The van der Waals surface area contributed by atoms with Crippen molar-refractivity contribution in [1.29, 1.82) is 0 Å². The van der Waals surface area contributed by atoms with Crippen LogP contribution in [-0.4, -0.2) is 43.0 Å². The van der Waals surface area contributed by atoms with Crippen LogP contribution in [0.15, 0.2) is 24.3 Å². The summed E-state index contributed by atoms with van der Waals surface area (Å²) in [5.74, 6) is -0.129. The minimum absolute atomic E-state index is 0.00642. The maximum absolute atomic E-state index is 13.0. The van der Waals surface area contributed by atoms with Gasteiger partial charge < -0.3 is 15.0 Å². The highest BCUT2D eigenvalue weighted by Gasteiger charge is 2.26. The highest BCUT2D eigenvalue weighted by Crippen LogP contribution is 2.16. The molecular weight excluding hydrogens is 287 g/mol. The number of carbonyl (C=O) groups excluding carboxylic acids is 2. The van der Waals surface area contributed by atoms with Crippen LogP contribution in [0.2, 0.25) is 0 Å². The van der Waals surface area contributed by atoms with E-state index in [9.17, 15) is 14.0 Å². The molecule has 6 heteroatoms. The number of benzene rings is 1. The number of nitrogens with one attached hydrogen (secondary N) is 1. The Kier molecular flexibility index (Phi) is 5.75. The molecule has 120 valence electrons. The first-order valence-corrected chi connectivity index (χ1v) is 7.48. The van der Waals surface area contributed by atoms with E-state index < -0.39 is 0 Å². The highest BCUT2D eigenvalue weighted by molar-refractivity contribution is 5.80. The topological polar surface area (TPSA) is 58.6 Å². The Morgan fingerprint density at radius 3 is 3.00 bits per heavy atom. The van der Waals surface area contributed by atoms with E-state index in [2.05, 4.69) is 5.32 Å². The van der Waals surface area contributed by atoms with Gasteiger partial charge in [-0.05, 0) is 25.0 Å². The number of hydrogen-bond acceptors (Lipinski definition) is 3. The average Bonchev–Trinajstić information content (AvgIpc) is 2.51. The summed E-state index contributed by atoms with van der Waals surface area (Å²) < 4.78 is 18.3. The first-order chi connectivity index (χ1) is 10.6. The van der Waals surface area contributed by atoms with Crippen molar-refractivity contribution in [3.05, 3.63) is 30.1 Å². The Morgan fingerprint density at radius 1 is 1.45 bits per heavy atom. The lowest BCUT2D eigenvalue weighted by Gasteiger charge is -2.31. The van der Waals surface area contributed by atoms with Crippen LogP contribution in [0.3, 0.4) is 0 Å². The van der Waals surface area contributed by atoms with Crippen molar-refractivity contribution in [2.24, 2.45) is 5.92 Å². The minimum Gasteiger partial charge on any atom is -0.492 e. The van der Waals surface area contributed by atoms with Gasteiger partial charge in [0.15, 0.2) is 0 Å². The van der Waals surface area contributed by atoms with E-state index >= 15 is 0 Å². The average molecular weight is 308 g/mol. The minimum atomic E-state index is -0.354. The third-order valence-electron chi connectivity index (χ3n) is 3.70. The van der Waals surface area contributed by atoms with Crippen LogP contribution in [0, 0.1) is 11.7 Å². The van der Waals surface area contributed by atoms with Crippen LogP contribution >= 0.6 is 0 Å². The molecule has 0 aliphatic carbocycles. The lowest BCUT2D eigenvalue weighted by molar-refractivity contribution is -0.134. The molecule has 1 aromatic rings. The second-order valence-electron chi connectivity index (χ2n) is 5.40. The Labute approximate surface area is 129 Å². The van der Waals surface area contributed by atoms with E-state index in [1.54, 1.807) is 17.0 Å². The molecule has 5 nitrogen and oxygen atoms in total. The molecule has 0 bridgehead atoms. The van der Waals surface area contributed by atoms with Gasteiger partial charge in [0, 0.05) is 26.1 Å². The quantitative estimate of drug-likeness (QED) is 0.840. The molecule has 1 N–H and O–H groups in total. The molecular formula is C16H21FN2O3.